The van der Waals surface area contributed by atoms with Gasteiger partial charge in [-0.25, -0.2) is 0 Å². The number of aromatic hydroxyl groups is 1. The first-order chi connectivity index (χ1) is 14.6. The summed E-state index contributed by atoms with van der Waals surface area (Å²) in [5.41, 5.74) is 4.67. The van der Waals surface area contributed by atoms with Crippen molar-refractivity contribution in [2.24, 2.45) is 0 Å². The number of aromatic nitrogens is 3. The summed E-state index contributed by atoms with van der Waals surface area (Å²) in [6, 6.07) is 3.89. The molecule has 0 saturated heterocycles. The molecule has 0 atom stereocenters. The van der Waals surface area contributed by atoms with Crippen molar-refractivity contribution in [2.75, 3.05) is 0 Å². The minimum atomic E-state index is -0.199. The van der Waals surface area contributed by atoms with E-state index < -0.39 is 0 Å². The Balaban J connectivity index is 2.27. The lowest BCUT2D eigenvalue weighted by atomic mass is 9.85. The topological polar surface area (TPSA) is 50.9 Å². The number of hydrogen-bond donors (Lipinski definition) is 1. The first kappa shape index (κ1) is 24.5. The van der Waals surface area contributed by atoms with Crippen LogP contribution in [0.1, 0.15) is 63.1 Å². The van der Waals surface area contributed by atoms with Gasteiger partial charge in [-0.3, -0.25) is 0 Å². The van der Waals surface area contributed by atoms with Gasteiger partial charge in [-0.05, 0) is 54.0 Å². The molecule has 2 aromatic rings. The second-order valence-corrected chi connectivity index (χ2v) is 9.56. The lowest BCUT2D eigenvalue weighted by molar-refractivity contribution is 0.440. The van der Waals surface area contributed by atoms with Gasteiger partial charge >= 0.3 is 0 Å². The van der Waals surface area contributed by atoms with E-state index in [1.807, 2.05) is 42.7 Å². The summed E-state index contributed by atoms with van der Waals surface area (Å²) in [5, 5.41) is 21.9. The maximum atomic E-state index is 10.9. The highest BCUT2D eigenvalue weighted by atomic mass is 32.2. The molecule has 1 N–H and O–H groups in total. The van der Waals surface area contributed by atoms with Gasteiger partial charge in [-0.15, -0.1) is 15.0 Å². The summed E-state index contributed by atoms with van der Waals surface area (Å²) in [7, 11) is 0. The van der Waals surface area contributed by atoms with Crippen LogP contribution >= 0.6 is 11.8 Å². The largest absolute Gasteiger partial charge is 0.505 e. The van der Waals surface area contributed by atoms with Crippen molar-refractivity contribution in [1.82, 2.24) is 15.0 Å². The van der Waals surface area contributed by atoms with E-state index in [0.29, 0.717) is 17.1 Å². The fourth-order valence-electron chi connectivity index (χ4n) is 3.03. The van der Waals surface area contributed by atoms with Crippen LogP contribution in [-0.2, 0) is 5.41 Å². The summed E-state index contributed by atoms with van der Waals surface area (Å²) >= 11 is 1.50. The summed E-state index contributed by atoms with van der Waals surface area (Å²) < 4.78 is 0. The molecule has 0 aliphatic carbocycles. The van der Waals surface area contributed by atoms with Gasteiger partial charge in [0.1, 0.15) is 22.8 Å². The van der Waals surface area contributed by atoms with E-state index in [2.05, 4.69) is 57.6 Å². The molecule has 0 radical (unpaired) electrons. The van der Waals surface area contributed by atoms with Crippen molar-refractivity contribution >= 4 is 23.9 Å². The second-order valence-electron chi connectivity index (χ2n) is 8.52. The molecule has 0 unspecified atom stereocenters. The predicted molar refractivity (Wildman–Crippen MR) is 136 cm³/mol. The molecule has 164 valence electrons. The first-order valence-corrected chi connectivity index (χ1v) is 11.3. The molecule has 1 aromatic carbocycles. The zero-order valence-electron chi connectivity index (χ0n) is 19.3. The number of aryl methyl sites for hydroxylation is 1. The third kappa shape index (κ3) is 6.59. The average molecular weight is 436 g/mol. The van der Waals surface area contributed by atoms with Gasteiger partial charge in [0.2, 0.25) is 0 Å². The number of thioether (sulfide) groups is 1. The molecule has 0 aliphatic rings. The van der Waals surface area contributed by atoms with Crippen LogP contribution in [0.15, 0.2) is 59.9 Å². The third-order valence-electron chi connectivity index (χ3n) is 4.64. The number of phenols is 1. The highest BCUT2D eigenvalue weighted by molar-refractivity contribution is 8.06. The molecule has 0 spiro atoms. The van der Waals surface area contributed by atoms with Crippen LogP contribution in [0.5, 0.6) is 5.75 Å². The quantitative estimate of drug-likeness (QED) is 0.418. The Labute approximate surface area is 190 Å². The highest BCUT2D eigenvalue weighted by Crippen LogP contribution is 2.36. The number of allylic oxidation sites excluding steroid dienone is 3. The van der Waals surface area contributed by atoms with Gasteiger partial charge in [0.15, 0.2) is 0 Å². The van der Waals surface area contributed by atoms with E-state index in [1.54, 1.807) is 6.08 Å². The van der Waals surface area contributed by atoms with E-state index in [0.717, 1.165) is 34.4 Å². The minimum Gasteiger partial charge on any atom is -0.505 e. The molecule has 5 heteroatoms. The van der Waals surface area contributed by atoms with Crippen molar-refractivity contribution in [3.05, 3.63) is 82.4 Å². The molecule has 0 amide bonds. The monoisotopic (exact) mass is 435 g/mol. The summed E-state index contributed by atoms with van der Waals surface area (Å²) in [6.45, 7) is 22.3. The standard InChI is InChI=1S/C26H33N3OS/c1-9-11-18(3)12-13-20(5)31-15-14-23-22(10-2)27-29(28-23)24-17-19(4)16-21(25(24)30)26(6,7)8/h10,12-17,30H,2-3,5,9,11H2,1,4,6-8H3/b13-12-,15-14+. The number of nitrogens with zero attached hydrogens (tertiary/aromatic N) is 3. The maximum Gasteiger partial charge on any atom is 0.146 e. The maximum absolute atomic E-state index is 10.9. The fraction of sp³-hybridized carbons (Fsp3) is 0.308. The Hall–Kier alpha value is -2.79. The Morgan fingerprint density at radius 2 is 1.84 bits per heavy atom. The molecule has 0 fully saturated rings. The third-order valence-corrected chi connectivity index (χ3v) is 5.35. The van der Waals surface area contributed by atoms with E-state index in [1.165, 1.54) is 16.6 Å². The van der Waals surface area contributed by atoms with Gasteiger partial charge < -0.3 is 5.11 Å². The molecule has 1 aromatic heterocycles. The number of rotatable bonds is 9. The average Bonchev–Trinajstić information content (AvgIpc) is 3.10. The fourth-order valence-corrected chi connectivity index (χ4v) is 3.54. The molecule has 0 bridgehead atoms. The zero-order valence-corrected chi connectivity index (χ0v) is 20.1. The van der Waals surface area contributed by atoms with Crippen molar-refractivity contribution in [1.29, 1.82) is 0 Å². The molecule has 31 heavy (non-hydrogen) atoms. The number of phenolic OH excluding ortho intramolecular Hbond substituents is 1. The highest BCUT2D eigenvalue weighted by Gasteiger charge is 2.22. The summed E-state index contributed by atoms with van der Waals surface area (Å²) in [4.78, 5) is 2.38. The van der Waals surface area contributed by atoms with Gasteiger partial charge in [-0.1, -0.05) is 83.3 Å². The Morgan fingerprint density at radius 1 is 1.16 bits per heavy atom. The SMILES string of the molecule is C=Cc1nn(-c2cc(C)cc(C(C)(C)C)c2O)nc1/C=C/SC(=C)/C=C\C(=C)CCC. The molecular formula is C26H33N3OS. The van der Waals surface area contributed by atoms with E-state index >= 15 is 0 Å². The first-order valence-electron chi connectivity index (χ1n) is 10.4. The van der Waals surface area contributed by atoms with Crippen LogP contribution in [0.3, 0.4) is 0 Å². The van der Waals surface area contributed by atoms with Crippen molar-refractivity contribution in [2.45, 2.75) is 52.9 Å². The lowest BCUT2D eigenvalue weighted by Gasteiger charge is -2.22. The molecule has 0 aliphatic heterocycles. The number of benzene rings is 1. The smallest absolute Gasteiger partial charge is 0.146 e. The molecule has 2 rings (SSSR count). The van der Waals surface area contributed by atoms with Crippen LogP contribution in [0.2, 0.25) is 0 Å². The molecular weight excluding hydrogens is 402 g/mol. The predicted octanol–water partition coefficient (Wildman–Crippen LogP) is 7.35. The summed E-state index contributed by atoms with van der Waals surface area (Å²) in [6.07, 6.45) is 9.58. The summed E-state index contributed by atoms with van der Waals surface area (Å²) in [5.74, 6) is 0.194. The van der Waals surface area contributed by atoms with Gasteiger partial charge in [0.25, 0.3) is 0 Å². The van der Waals surface area contributed by atoms with Crippen LogP contribution < -0.4 is 0 Å². The van der Waals surface area contributed by atoms with Gasteiger partial charge in [0.05, 0.1) is 0 Å². The van der Waals surface area contributed by atoms with Crippen LogP contribution in [0, 0.1) is 6.92 Å². The van der Waals surface area contributed by atoms with E-state index in [4.69, 9.17) is 0 Å². The van der Waals surface area contributed by atoms with E-state index in [-0.39, 0.29) is 11.2 Å². The number of hydrogen-bond acceptors (Lipinski definition) is 4. The van der Waals surface area contributed by atoms with Crippen LogP contribution in [-0.4, -0.2) is 20.1 Å². The Kier molecular flexibility index (Phi) is 8.28. The van der Waals surface area contributed by atoms with Crippen molar-refractivity contribution in [3.63, 3.8) is 0 Å². The van der Waals surface area contributed by atoms with Gasteiger partial charge in [0, 0.05) is 10.5 Å². The molecule has 1 heterocycles. The molecule has 4 nitrogen and oxygen atoms in total. The molecule has 0 saturated carbocycles. The normalized spacial score (nSPS) is 12.0. The second kappa shape index (κ2) is 10.5. The van der Waals surface area contributed by atoms with Crippen molar-refractivity contribution < 1.29 is 5.11 Å². The Morgan fingerprint density at radius 3 is 2.45 bits per heavy atom. The van der Waals surface area contributed by atoms with E-state index in [9.17, 15) is 5.11 Å². The minimum absolute atomic E-state index is 0.194. The van der Waals surface area contributed by atoms with Gasteiger partial charge in [-0.2, -0.15) is 0 Å². The van der Waals surface area contributed by atoms with Crippen LogP contribution in [0.25, 0.3) is 17.8 Å². The van der Waals surface area contributed by atoms with Crippen LogP contribution in [0.4, 0.5) is 0 Å². The van der Waals surface area contributed by atoms with Crippen molar-refractivity contribution in [3.8, 4) is 11.4 Å². The lowest BCUT2D eigenvalue weighted by Crippen LogP contribution is -2.13. The Bertz CT molecular complexity index is 1040. The zero-order chi connectivity index (χ0) is 23.2.